The Kier molecular flexibility index (Phi) is 8.48. The third-order valence-electron chi connectivity index (χ3n) is 7.52. The number of sulfonamides is 1. The van der Waals surface area contributed by atoms with Crippen LogP contribution in [-0.2, 0) is 19.6 Å². The number of para-hydroxylation sites is 1. The number of nitrogens with one attached hydrogen (secondary N) is 1. The van der Waals surface area contributed by atoms with Gasteiger partial charge >= 0.3 is 18.2 Å². The number of aliphatic carboxylic acids is 1. The van der Waals surface area contributed by atoms with E-state index in [1.165, 1.54) is 11.9 Å². The van der Waals surface area contributed by atoms with Crippen LogP contribution in [0.1, 0.15) is 11.4 Å². The number of morpholine rings is 1. The van der Waals surface area contributed by atoms with Crippen LogP contribution in [0.4, 0.5) is 29.5 Å². The van der Waals surface area contributed by atoms with Crippen molar-refractivity contribution in [1.82, 2.24) is 24.1 Å². The van der Waals surface area contributed by atoms with Gasteiger partial charge in [-0.2, -0.15) is 13.2 Å². The summed E-state index contributed by atoms with van der Waals surface area (Å²) >= 11 is 0. The molecule has 17 heteroatoms. The first-order valence-corrected chi connectivity index (χ1v) is 15.8. The Morgan fingerprint density at radius 2 is 1.73 bits per heavy atom. The smallest absolute Gasteiger partial charge is 0.475 e. The number of urea groups is 1. The zero-order valence-corrected chi connectivity index (χ0v) is 25.9. The van der Waals surface area contributed by atoms with E-state index in [0.717, 1.165) is 22.4 Å². The van der Waals surface area contributed by atoms with Crippen LogP contribution in [-0.4, -0.2) is 84.4 Å². The lowest BCUT2D eigenvalue weighted by molar-refractivity contribution is -0.192. The van der Waals surface area contributed by atoms with E-state index in [-0.39, 0.29) is 4.90 Å². The van der Waals surface area contributed by atoms with Crippen LogP contribution in [0, 0.1) is 0 Å². The van der Waals surface area contributed by atoms with Gasteiger partial charge in [0, 0.05) is 37.3 Å². The number of rotatable bonds is 4. The molecule has 2 aliphatic rings. The molecule has 5 aromatic rings. The molecule has 7 rings (SSSR count). The number of pyridine rings is 1. The molecule has 2 N–H and O–H groups in total. The van der Waals surface area contributed by atoms with Crippen LogP contribution in [0.15, 0.2) is 71.9 Å². The summed E-state index contributed by atoms with van der Waals surface area (Å²) in [7, 11) is -2.48. The third-order valence-corrected chi connectivity index (χ3v) is 8.87. The molecule has 2 aliphatic heterocycles. The highest BCUT2D eigenvalue weighted by Gasteiger charge is 2.38. The Morgan fingerprint density at radius 1 is 1.02 bits per heavy atom. The fourth-order valence-corrected chi connectivity index (χ4v) is 6.37. The van der Waals surface area contributed by atoms with Crippen molar-refractivity contribution < 1.29 is 41.0 Å². The minimum absolute atomic E-state index is 0.0186. The van der Waals surface area contributed by atoms with Gasteiger partial charge in [0.25, 0.3) is 10.0 Å². The second-order valence-corrected chi connectivity index (χ2v) is 12.3. The Bertz CT molecular complexity index is 2200. The van der Waals surface area contributed by atoms with Crippen molar-refractivity contribution in [2.75, 3.05) is 43.2 Å². The maximum atomic E-state index is 12.8. The third kappa shape index (κ3) is 6.50. The van der Waals surface area contributed by atoms with Gasteiger partial charge in [-0.15, -0.1) is 0 Å². The predicted octanol–water partition coefficient (Wildman–Crippen LogP) is 4.43. The highest BCUT2D eigenvalue weighted by atomic mass is 32.2. The van der Waals surface area contributed by atoms with Crippen molar-refractivity contribution in [3.8, 4) is 11.3 Å². The molecule has 2 amide bonds. The van der Waals surface area contributed by atoms with E-state index in [2.05, 4.69) is 9.62 Å². The van der Waals surface area contributed by atoms with Crippen LogP contribution >= 0.6 is 0 Å². The number of alkyl halides is 3. The number of fused-ring (bicyclic) bond motifs is 3. The molecular weight excluding hydrogens is 655 g/mol. The number of carboxylic acid groups (broad SMARTS) is 1. The van der Waals surface area contributed by atoms with Crippen molar-refractivity contribution >= 4 is 62.2 Å². The van der Waals surface area contributed by atoms with Gasteiger partial charge in [-0.25, -0.2) is 37.7 Å². The van der Waals surface area contributed by atoms with Crippen LogP contribution in [0.5, 0.6) is 0 Å². The van der Waals surface area contributed by atoms with Gasteiger partial charge in [0.15, 0.2) is 11.5 Å². The number of nitrogens with zero attached hydrogens (tertiary/aromatic N) is 6. The van der Waals surface area contributed by atoms with E-state index < -0.39 is 28.2 Å². The van der Waals surface area contributed by atoms with Crippen LogP contribution in [0.25, 0.3) is 40.0 Å². The fourth-order valence-electron chi connectivity index (χ4n) is 5.13. The fraction of sp³-hybridized carbons (Fsp3) is 0.194. The average Bonchev–Trinajstić information content (AvgIpc) is 3.50. The summed E-state index contributed by atoms with van der Waals surface area (Å²) in [5, 5.41) is 8.20. The van der Waals surface area contributed by atoms with Gasteiger partial charge < -0.3 is 14.7 Å². The van der Waals surface area contributed by atoms with E-state index in [1.807, 2.05) is 59.1 Å². The molecule has 0 aliphatic carbocycles. The van der Waals surface area contributed by atoms with E-state index in [0.29, 0.717) is 54.6 Å². The van der Waals surface area contributed by atoms with Crippen molar-refractivity contribution in [3.63, 3.8) is 0 Å². The molecule has 5 heterocycles. The van der Waals surface area contributed by atoms with Crippen molar-refractivity contribution in [3.05, 3.63) is 78.4 Å². The number of benzene rings is 2. The lowest BCUT2D eigenvalue weighted by Crippen LogP contribution is -2.45. The number of anilines is 2. The maximum absolute atomic E-state index is 12.8. The molecule has 0 unspecified atom stereocenters. The van der Waals surface area contributed by atoms with Gasteiger partial charge in [0.1, 0.15) is 4.90 Å². The average molecular weight is 682 g/mol. The van der Waals surface area contributed by atoms with Crippen molar-refractivity contribution in [2.24, 2.45) is 0 Å². The lowest BCUT2D eigenvalue weighted by Gasteiger charge is -2.28. The van der Waals surface area contributed by atoms with Crippen LogP contribution in [0.3, 0.4) is 0 Å². The van der Waals surface area contributed by atoms with E-state index in [4.69, 9.17) is 29.6 Å². The highest BCUT2D eigenvalue weighted by Crippen LogP contribution is 2.34. The summed E-state index contributed by atoms with van der Waals surface area (Å²) < 4.78 is 66.9. The Morgan fingerprint density at radius 3 is 2.46 bits per heavy atom. The lowest BCUT2D eigenvalue weighted by atomic mass is 10.1. The quantitative estimate of drug-likeness (QED) is 0.278. The molecule has 3 aromatic heterocycles. The van der Waals surface area contributed by atoms with Crippen LogP contribution in [0.2, 0.25) is 0 Å². The van der Waals surface area contributed by atoms with Gasteiger partial charge in [-0.1, -0.05) is 30.3 Å². The number of carbonyl (C=O) groups is 2. The molecule has 0 bridgehead atoms. The summed E-state index contributed by atoms with van der Waals surface area (Å²) in [5.41, 5.74) is 4.64. The molecular formula is C31H26F3N7O6S. The normalized spacial score (nSPS) is 16.0. The number of amides is 2. The van der Waals surface area contributed by atoms with Gasteiger partial charge in [0.05, 0.1) is 47.7 Å². The highest BCUT2D eigenvalue weighted by molar-refractivity contribution is 7.90. The Hall–Kier alpha value is -5.55. The molecule has 2 aromatic carbocycles. The molecule has 1 saturated heterocycles. The monoisotopic (exact) mass is 681 g/mol. The number of hydrogen-bond donors (Lipinski definition) is 2. The number of carbonyl (C=O) groups excluding carboxylic acids is 1. The number of halogens is 3. The molecule has 248 valence electrons. The van der Waals surface area contributed by atoms with E-state index >= 15 is 0 Å². The standard InChI is InChI=1S/C29H25N7O4S.C2HF3O2/c1-34-24-11-7-20(16-26(24)41(38,39)33-29(34)37)25-17-30-27(35-12-14-40-15-13-35)28-32-22(18-36(25)28)10-9-21-8-6-19-4-2-3-5-23(19)31-21;3-2(4,5)1(6)7/h2-11,16-18H,12-15H2,1H3,(H,33,37);(H,6,7)/b10-9+;. The van der Waals surface area contributed by atoms with Crippen LogP contribution < -0.4 is 14.5 Å². The Labute approximate surface area is 271 Å². The van der Waals surface area contributed by atoms with Crippen molar-refractivity contribution in [1.29, 1.82) is 0 Å². The number of ether oxygens (including phenoxy) is 1. The zero-order chi connectivity index (χ0) is 34.2. The maximum Gasteiger partial charge on any atom is 0.490 e. The Balaban J connectivity index is 0.000000519. The van der Waals surface area contributed by atoms with E-state index in [1.54, 1.807) is 24.4 Å². The minimum Gasteiger partial charge on any atom is -0.475 e. The van der Waals surface area contributed by atoms with Gasteiger partial charge in [-0.05, 0) is 36.4 Å². The topological polar surface area (TPSA) is 159 Å². The molecule has 0 atom stereocenters. The molecule has 48 heavy (non-hydrogen) atoms. The second kappa shape index (κ2) is 12.6. The summed E-state index contributed by atoms with van der Waals surface area (Å²) in [4.78, 5) is 38.8. The molecule has 1 fully saturated rings. The predicted molar refractivity (Wildman–Crippen MR) is 170 cm³/mol. The molecule has 0 saturated carbocycles. The number of imidazole rings is 1. The summed E-state index contributed by atoms with van der Waals surface area (Å²) in [6, 6.07) is 16.2. The van der Waals surface area contributed by atoms with Gasteiger partial charge in [0.2, 0.25) is 0 Å². The molecule has 13 nitrogen and oxygen atoms in total. The van der Waals surface area contributed by atoms with E-state index in [9.17, 15) is 26.4 Å². The number of aromatic nitrogens is 4. The minimum atomic E-state index is -5.08. The number of carboxylic acids is 1. The summed E-state index contributed by atoms with van der Waals surface area (Å²) in [6.45, 7) is 2.56. The first-order valence-electron chi connectivity index (χ1n) is 14.3. The molecule has 0 spiro atoms. The summed E-state index contributed by atoms with van der Waals surface area (Å²) in [5.74, 6) is -2.04. The first-order chi connectivity index (χ1) is 22.8. The first kappa shape index (κ1) is 32.4. The van der Waals surface area contributed by atoms with Gasteiger partial charge in [-0.3, -0.25) is 9.30 Å². The number of hydrogen-bond acceptors (Lipinski definition) is 9. The molecule has 0 radical (unpaired) electrons. The zero-order valence-electron chi connectivity index (χ0n) is 25.0. The van der Waals surface area contributed by atoms with Crippen molar-refractivity contribution in [2.45, 2.75) is 11.1 Å². The SMILES string of the molecule is CN1C(=O)NS(=O)(=O)c2cc(-c3cnc(N4CCOCC4)c4nc(/C=C/c5ccc6ccccc6n5)cn34)ccc21.O=C(O)C(F)(F)F. The second-order valence-electron chi connectivity index (χ2n) is 10.6. The largest absolute Gasteiger partial charge is 0.490 e. The summed E-state index contributed by atoms with van der Waals surface area (Å²) in [6.07, 6.45) is 2.35.